The quantitative estimate of drug-likeness (QED) is 0.743. The highest BCUT2D eigenvalue weighted by molar-refractivity contribution is 7.20. The number of carbonyl (C=O) groups is 1. The summed E-state index contributed by atoms with van der Waals surface area (Å²) in [5.41, 5.74) is 7.83. The van der Waals surface area contributed by atoms with Crippen LogP contribution in [0, 0.1) is 12.8 Å². The van der Waals surface area contributed by atoms with Crippen molar-refractivity contribution in [2.45, 2.75) is 19.9 Å². The van der Waals surface area contributed by atoms with Gasteiger partial charge in [-0.2, -0.15) is 5.10 Å². The highest BCUT2D eigenvalue weighted by Gasteiger charge is 2.27. The lowest BCUT2D eigenvalue weighted by Gasteiger charge is -2.14. The molecule has 0 spiro atoms. The van der Waals surface area contributed by atoms with Gasteiger partial charge in [0.1, 0.15) is 4.83 Å². The molecule has 26 heavy (non-hydrogen) atoms. The van der Waals surface area contributed by atoms with Crippen LogP contribution in [0.5, 0.6) is 0 Å². The lowest BCUT2D eigenvalue weighted by atomic mass is 10.1. The molecule has 3 heterocycles. The second kappa shape index (κ2) is 7.02. The Bertz CT molecular complexity index is 947. The molecule has 1 atom stereocenters. The molecule has 2 N–H and O–H groups in total. The Morgan fingerprint density at radius 3 is 2.85 bits per heavy atom. The van der Waals surface area contributed by atoms with Crippen LogP contribution >= 0.6 is 22.9 Å². The van der Waals surface area contributed by atoms with E-state index in [9.17, 15) is 4.79 Å². The third-order valence-corrected chi connectivity index (χ3v) is 6.36. The summed E-state index contributed by atoms with van der Waals surface area (Å²) in [6.45, 7) is 4.85. The molecular weight excluding hydrogens is 368 g/mol. The average Bonchev–Trinajstić information content (AvgIpc) is 3.34. The predicted molar refractivity (Wildman–Crippen MR) is 106 cm³/mol. The molecule has 0 saturated carbocycles. The minimum Gasteiger partial charge on any atom is -0.338 e. The minimum absolute atomic E-state index is 0.111. The molecule has 2 aromatic heterocycles. The molecule has 1 aliphatic heterocycles. The third kappa shape index (κ3) is 3.24. The number of amides is 1. The van der Waals surface area contributed by atoms with Crippen molar-refractivity contribution in [3.05, 3.63) is 51.5 Å². The lowest BCUT2D eigenvalue weighted by molar-refractivity contribution is 0.0792. The normalized spacial score (nSPS) is 17.3. The number of halogens is 1. The largest absolute Gasteiger partial charge is 0.338 e. The molecule has 1 fully saturated rings. The summed E-state index contributed by atoms with van der Waals surface area (Å²) in [6.07, 6.45) is 0.997. The van der Waals surface area contributed by atoms with Crippen molar-refractivity contribution in [2.24, 2.45) is 11.7 Å². The molecule has 1 aromatic carbocycles. The number of likely N-dealkylation sites (tertiary alicyclic amines) is 1. The molecule has 4 rings (SSSR count). The molecule has 5 nitrogen and oxygen atoms in total. The van der Waals surface area contributed by atoms with E-state index >= 15 is 0 Å². The van der Waals surface area contributed by atoms with Crippen LogP contribution < -0.4 is 5.73 Å². The fourth-order valence-electron chi connectivity index (χ4n) is 3.45. The highest BCUT2D eigenvalue weighted by atomic mass is 35.5. The van der Waals surface area contributed by atoms with Crippen LogP contribution in [0.4, 0.5) is 0 Å². The summed E-state index contributed by atoms with van der Waals surface area (Å²) in [6, 6.07) is 9.76. The average molecular weight is 389 g/mol. The van der Waals surface area contributed by atoms with Gasteiger partial charge in [0.25, 0.3) is 5.91 Å². The van der Waals surface area contributed by atoms with Crippen molar-refractivity contribution in [1.82, 2.24) is 14.7 Å². The van der Waals surface area contributed by atoms with Gasteiger partial charge in [-0.25, -0.2) is 0 Å². The van der Waals surface area contributed by atoms with Crippen LogP contribution in [-0.4, -0.2) is 40.2 Å². The second-order valence-corrected chi connectivity index (χ2v) is 8.31. The van der Waals surface area contributed by atoms with Gasteiger partial charge in [-0.15, -0.1) is 11.3 Å². The molecular formula is C19H21ClN4OS. The number of aromatic nitrogens is 2. The van der Waals surface area contributed by atoms with E-state index in [1.165, 1.54) is 11.3 Å². The zero-order chi connectivity index (χ0) is 18.3. The van der Waals surface area contributed by atoms with Crippen LogP contribution in [0.15, 0.2) is 30.3 Å². The van der Waals surface area contributed by atoms with Crippen LogP contribution in [-0.2, 0) is 6.54 Å². The van der Waals surface area contributed by atoms with Gasteiger partial charge in [0, 0.05) is 23.5 Å². The second-order valence-electron chi connectivity index (χ2n) is 6.84. The maximum absolute atomic E-state index is 12.8. The molecule has 1 aliphatic rings. The number of carbonyl (C=O) groups excluding carboxylic acids is 1. The number of benzene rings is 1. The summed E-state index contributed by atoms with van der Waals surface area (Å²) in [7, 11) is 0. The van der Waals surface area contributed by atoms with Crippen molar-refractivity contribution in [2.75, 3.05) is 19.6 Å². The van der Waals surface area contributed by atoms with E-state index in [1.54, 1.807) is 0 Å². The van der Waals surface area contributed by atoms with E-state index in [1.807, 2.05) is 46.8 Å². The number of nitrogens with zero attached hydrogens (tertiary/aromatic N) is 3. The van der Waals surface area contributed by atoms with Crippen molar-refractivity contribution in [1.29, 1.82) is 0 Å². The molecule has 0 radical (unpaired) electrons. The monoisotopic (exact) mass is 388 g/mol. The molecule has 1 amide bonds. The molecule has 0 bridgehead atoms. The predicted octanol–water partition coefficient (Wildman–Crippen LogP) is 3.53. The zero-order valence-electron chi connectivity index (χ0n) is 14.6. The van der Waals surface area contributed by atoms with Gasteiger partial charge in [-0.1, -0.05) is 23.7 Å². The van der Waals surface area contributed by atoms with Crippen LogP contribution in [0.2, 0.25) is 5.02 Å². The van der Waals surface area contributed by atoms with Crippen LogP contribution in [0.25, 0.3) is 10.2 Å². The van der Waals surface area contributed by atoms with Crippen molar-refractivity contribution in [3.8, 4) is 0 Å². The fourth-order valence-corrected chi connectivity index (χ4v) is 4.71. The summed E-state index contributed by atoms with van der Waals surface area (Å²) in [4.78, 5) is 16.6. The Morgan fingerprint density at radius 1 is 1.38 bits per heavy atom. The number of nitrogens with two attached hydrogens (primary N) is 1. The number of rotatable bonds is 4. The van der Waals surface area contributed by atoms with Gasteiger partial charge < -0.3 is 10.6 Å². The lowest BCUT2D eigenvalue weighted by Crippen LogP contribution is -2.29. The maximum Gasteiger partial charge on any atom is 0.264 e. The van der Waals surface area contributed by atoms with Crippen LogP contribution in [0.1, 0.15) is 27.3 Å². The van der Waals surface area contributed by atoms with Crippen molar-refractivity contribution < 1.29 is 4.79 Å². The van der Waals surface area contributed by atoms with Crippen molar-refractivity contribution in [3.63, 3.8) is 0 Å². The highest BCUT2D eigenvalue weighted by Crippen LogP contribution is 2.31. The standard InChI is InChI=1S/C19H21ClN4OS/c1-12-16-8-17(18(25)23-7-6-14(9-21)10-23)26-19(16)24(22-12)11-13-2-4-15(20)5-3-13/h2-5,8,14H,6-7,9-11,21H2,1H3. The Morgan fingerprint density at radius 2 is 2.15 bits per heavy atom. The fraction of sp³-hybridized carbons (Fsp3) is 0.368. The topological polar surface area (TPSA) is 64.2 Å². The molecule has 1 unspecified atom stereocenters. The van der Waals surface area contributed by atoms with E-state index < -0.39 is 0 Å². The van der Waals surface area contributed by atoms with Gasteiger partial charge in [-0.05, 0) is 49.6 Å². The Labute approximate surface area is 161 Å². The van der Waals surface area contributed by atoms with Crippen LogP contribution in [0.3, 0.4) is 0 Å². The van der Waals surface area contributed by atoms with E-state index in [4.69, 9.17) is 17.3 Å². The number of thiophene rings is 1. The zero-order valence-corrected chi connectivity index (χ0v) is 16.2. The SMILES string of the molecule is Cc1nn(Cc2ccc(Cl)cc2)c2sc(C(=O)N3CCC(CN)C3)cc12. The molecule has 0 aliphatic carbocycles. The first kappa shape index (κ1) is 17.5. The van der Waals surface area contributed by atoms with E-state index in [0.29, 0.717) is 19.0 Å². The minimum atomic E-state index is 0.111. The van der Waals surface area contributed by atoms with Crippen molar-refractivity contribution >= 4 is 39.1 Å². The van der Waals surface area contributed by atoms with Gasteiger partial charge in [0.2, 0.25) is 0 Å². The van der Waals surface area contributed by atoms with E-state index in [-0.39, 0.29) is 5.91 Å². The Kier molecular flexibility index (Phi) is 4.73. The first-order valence-corrected chi connectivity index (χ1v) is 9.95. The summed E-state index contributed by atoms with van der Waals surface area (Å²) in [5.74, 6) is 0.537. The molecule has 7 heteroatoms. The number of hydrogen-bond acceptors (Lipinski definition) is 4. The van der Waals surface area contributed by atoms with Gasteiger partial charge in [0.05, 0.1) is 17.1 Å². The number of hydrogen-bond donors (Lipinski definition) is 1. The first-order valence-electron chi connectivity index (χ1n) is 8.76. The van der Waals surface area contributed by atoms with Gasteiger partial charge in [0.15, 0.2) is 0 Å². The smallest absolute Gasteiger partial charge is 0.264 e. The van der Waals surface area contributed by atoms with E-state index in [2.05, 4.69) is 5.10 Å². The summed E-state index contributed by atoms with van der Waals surface area (Å²) < 4.78 is 1.97. The molecule has 136 valence electrons. The number of fused-ring (bicyclic) bond motifs is 1. The first-order chi connectivity index (χ1) is 12.5. The van der Waals surface area contributed by atoms with E-state index in [0.717, 1.165) is 50.9 Å². The third-order valence-electron chi connectivity index (χ3n) is 4.97. The van der Waals surface area contributed by atoms with Gasteiger partial charge in [-0.3, -0.25) is 9.48 Å². The molecule has 1 saturated heterocycles. The Balaban J connectivity index is 1.61. The summed E-state index contributed by atoms with van der Waals surface area (Å²) in [5, 5.41) is 6.42. The maximum atomic E-state index is 12.8. The molecule has 3 aromatic rings. The number of aryl methyl sites for hydroxylation is 1. The van der Waals surface area contributed by atoms with Gasteiger partial charge >= 0.3 is 0 Å². The Hall–Kier alpha value is -1.89. The summed E-state index contributed by atoms with van der Waals surface area (Å²) >= 11 is 7.49.